The zero-order chi connectivity index (χ0) is 20.5. The van der Waals surface area contributed by atoms with Crippen LogP contribution in [-0.4, -0.2) is 55.2 Å². The standard InChI is InChI=1S/C21H30N2O4S/c1-15(20(25)22-13-16-9-5-4-6-10-16)27-21(26)17-11-7-8-12-18(17)28-14-19(24)23(2)3/h7-8,11-12,15-16H,4-6,9-10,13-14H2,1-3H3,(H,22,25)/t15-/m1/s1. The minimum atomic E-state index is -0.863. The van der Waals surface area contributed by atoms with Gasteiger partial charge in [0.2, 0.25) is 5.91 Å². The molecule has 7 heteroatoms. The second kappa shape index (κ2) is 11.1. The van der Waals surface area contributed by atoms with Crippen LogP contribution in [0.15, 0.2) is 29.2 Å². The van der Waals surface area contributed by atoms with Crippen LogP contribution >= 0.6 is 11.8 Å². The molecule has 1 fully saturated rings. The molecule has 0 aliphatic heterocycles. The van der Waals surface area contributed by atoms with Crippen molar-refractivity contribution in [2.75, 3.05) is 26.4 Å². The molecule has 1 saturated carbocycles. The highest BCUT2D eigenvalue weighted by atomic mass is 32.2. The first-order valence-corrected chi connectivity index (χ1v) is 10.8. The third-order valence-electron chi connectivity index (χ3n) is 4.90. The zero-order valence-corrected chi connectivity index (χ0v) is 17.7. The molecular formula is C21H30N2O4S. The number of esters is 1. The predicted octanol–water partition coefficient (Wildman–Crippen LogP) is 3.11. The molecule has 1 atom stereocenters. The van der Waals surface area contributed by atoms with Crippen molar-refractivity contribution in [3.05, 3.63) is 29.8 Å². The summed E-state index contributed by atoms with van der Waals surface area (Å²) in [5.74, 6) is -0.113. The summed E-state index contributed by atoms with van der Waals surface area (Å²) < 4.78 is 5.37. The van der Waals surface area contributed by atoms with Gasteiger partial charge in [0.25, 0.3) is 5.91 Å². The molecule has 1 N–H and O–H groups in total. The molecule has 0 aromatic heterocycles. The van der Waals surface area contributed by atoms with Crippen LogP contribution in [0.5, 0.6) is 0 Å². The van der Waals surface area contributed by atoms with Gasteiger partial charge in [-0.3, -0.25) is 9.59 Å². The maximum atomic E-state index is 12.6. The fourth-order valence-electron chi connectivity index (χ4n) is 3.09. The highest BCUT2D eigenvalue weighted by Gasteiger charge is 2.22. The van der Waals surface area contributed by atoms with Gasteiger partial charge in [0.05, 0.1) is 11.3 Å². The van der Waals surface area contributed by atoms with Crippen molar-refractivity contribution in [1.29, 1.82) is 0 Å². The van der Waals surface area contributed by atoms with Crippen LogP contribution in [0.3, 0.4) is 0 Å². The van der Waals surface area contributed by atoms with Gasteiger partial charge in [-0.15, -0.1) is 11.8 Å². The second-order valence-electron chi connectivity index (χ2n) is 7.37. The van der Waals surface area contributed by atoms with Crippen molar-refractivity contribution in [2.45, 2.75) is 50.0 Å². The minimum Gasteiger partial charge on any atom is -0.449 e. The zero-order valence-electron chi connectivity index (χ0n) is 16.9. The van der Waals surface area contributed by atoms with E-state index >= 15 is 0 Å². The van der Waals surface area contributed by atoms with Crippen LogP contribution in [0.1, 0.15) is 49.4 Å². The number of benzene rings is 1. The number of amides is 2. The molecule has 0 radical (unpaired) electrons. The lowest BCUT2D eigenvalue weighted by molar-refractivity contribution is -0.129. The average molecular weight is 407 g/mol. The average Bonchev–Trinajstić information content (AvgIpc) is 2.70. The summed E-state index contributed by atoms with van der Waals surface area (Å²) in [4.78, 5) is 38.8. The van der Waals surface area contributed by atoms with Crippen molar-refractivity contribution in [2.24, 2.45) is 5.92 Å². The Hall–Kier alpha value is -2.02. The largest absolute Gasteiger partial charge is 0.449 e. The Morgan fingerprint density at radius 3 is 2.54 bits per heavy atom. The van der Waals surface area contributed by atoms with E-state index in [0.29, 0.717) is 22.9 Å². The molecule has 6 nitrogen and oxygen atoms in total. The van der Waals surface area contributed by atoms with E-state index in [1.807, 2.05) is 0 Å². The lowest BCUT2D eigenvalue weighted by Gasteiger charge is -2.22. The van der Waals surface area contributed by atoms with Crippen LogP contribution in [0.2, 0.25) is 0 Å². The fourth-order valence-corrected chi connectivity index (χ4v) is 4.11. The van der Waals surface area contributed by atoms with E-state index in [-0.39, 0.29) is 17.6 Å². The van der Waals surface area contributed by atoms with Crippen LogP contribution in [0.4, 0.5) is 0 Å². The SMILES string of the molecule is C[C@@H](OC(=O)c1ccccc1SCC(=O)N(C)C)C(=O)NCC1CCCCC1. The molecule has 1 aromatic carbocycles. The first-order valence-electron chi connectivity index (χ1n) is 9.79. The van der Waals surface area contributed by atoms with E-state index in [4.69, 9.17) is 4.74 Å². The van der Waals surface area contributed by atoms with Crippen molar-refractivity contribution in [1.82, 2.24) is 10.2 Å². The number of carbonyl (C=O) groups excluding carboxylic acids is 3. The molecule has 0 bridgehead atoms. The first-order chi connectivity index (χ1) is 13.4. The summed E-state index contributed by atoms with van der Waals surface area (Å²) >= 11 is 1.28. The third-order valence-corrected chi connectivity index (χ3v) is 5.96. The minimum absolute atomic E-state index is 0.0383. The summed E-state index contributed by atoms with van der Waals surface area (Å²) in [6.07, 6.45) is 5.13. The van der Waals surface area contributed by atoms with E-state index in [1.165, 1.54) is 35.9 Å². The molecule has 2 amide bonds. The van der Waals surface area contributed by atoms with Crippen LogP contribution in [-0.2, 0) is 14.3 Å². The molecule has 1 aromatic rings. The molecule has 28 heavy (non-hydrogen) atoms. The van der Waals surface area contributed by atoms with Gasteiger partial charge in [-0.05, 0) is 37.8 Å². The Labute approximate surface area is 171 Å². The van der Waals surface area contributed by atoms with Gasteiger partial charge in [-0.25, -0.2) is 4.79 Å². The third kappa shape index (κ3) is 6.86. The molecule has 1 aliphatic carbocycles. The fraction of sp³-hybridized carbons (Fsp3) is 0.571. The Morgan fingerprint density at radius 2 is 1.86 bits per heavy atom. The monoisotopic (exact) mass is 406 g/mol. The number of hydrogen-bond acceptors (Lipinski definition) is 5. The molecular weight excluding hydrogens is 376 g/mol. The molecule has 0 heterocycles. The van der Waals surface area contributed by atoms with Gasteiger partial charge in [-0.2, -0.15) is 0 Å². The number of rotatable bonds is 8. The van der Waals surface area contributed by atoms with Gasteiger partial charge < -0.3 is 15.0 Å². The molecule has 0 spiro atoms. The quantitative estimate of drug-likeness (QED) is 0.530. The van der Waals surface area contributed by atoms with E-state index in [2.05, 4.69) is 5.32 Å². The van der Waals surface area contributed by atoms with E-state index in [0.717, 1.165) is 12.8 Å². The Balaban J connectivity index is 1.88. The van der Waals surface area contributed by atoms with Gasteiger partial charge in [0.15, 0.2) is 6.10 Å². The summed E-state index contributed by atoms with van der Waals surface area (Å²) in [6, 6.07) is 6.97. The van der Waals surface area contributed by atoms with Gasteiger partial charge in [0.1, 0.15) is 0 Å². The van der Waals surface area contributed by atoms with Gasteiger partial charge in [0, 0.05) is 25.5 Å². The van der Waals surface area contributed by atoms with Gasteiger partial charge in [-0.1, -0.05) is 31.4 Å². The number of thioether (sulfide) groups is 1. The number of ether oxygens (including phenoxy) is 1. The highest BCUT2D eigenvalue weighted by molar-refractivity contribution is 8.00. The summed E-state index contributed by atoms with van der Waals surface area (Å²) in [5.41, 5.74) is 0.367. The van der Waals surface area contributed by atoms with Crippen molar-refractivity contribution >= 4 is 29.5 Å². The Kier molecular flexibility index (Phi) is 8.83. The van der Waals surface area contributed by atoms with E-state index < -0.39 is 12.1 Å². The highest BCUT2D eigenvalue weighted by Crippen LogP contribution is 2.24. The first kappa shape index (κ1) is 22.3. The second-order valence-corrected chi connectivity index (χ2v) is 8.39. The molecule has 1 aliphatic rings. The molecule has 0 saturated heterocycles. The molecule has 2 rings (SSSR count). The van der Waals surface area contributed by atoms with Crippen molar-refractivity contribution < 1.29 is 19.1 Å². The predicted molar refractivity (Wildman–Crippen MR) is 110 cm³/mol. The topological polar surface area (TPSA) is 75.7 Å². The molecule has 154 valence electrons. The van der Waals surface area contributed by atoms with Crippen molar-refractivity contribution in [3.8, 4) is 0 Å². The number of hydrogen-bond donors (Lipinski definition) is 1. The smallest absolute Gasteiger partial charge is 0.340 e. The Bertz CT molecular complexity index is 687. The van der Waals surface area contributed by atoms with Gasteiger partial charge >= 0.3 is 5.97 Å². The van der Waals surface area contributed by atoms with Crippen LogP contribution < -0.4 is 5.32 Å². The normalized spacial score (nSPS) is 15.5. The number of carbonyl (C=O) groups is 3. The van der Waals surface area contributed by atoms with Crippen LogP contribution in [0, 0.1) is 5.92 Å². The number of nitrogens with one attached hydrogen (secondary N) is 1. The Morgan fingerprint density at radius 1 is 1.18 bits per heavy atom. The lowest BCUT2D eigenvalue weighted by atomic mass is 9.89. The maximum absolute atomic E-state index is 12.6. The summed E-state index contributed by atoms with van der Waals surface area (Å²) in [5, 5.41) is 2.90. The van der Waals surface area contributed by atoms with Crippen molar-refractivity contribution in [3.63, 3.8) is 0 Å². The summed E-state index contributed by atoms with van der Waals surface area (Å²) in [7, 11) is 3.38. The van der Waals surface area contributed by atoms with E-state index in [9.17, 15) is 14.4 Å². The van der Waals surface area contributed by atoms with E-state index in [1.54, 1.807) is 45.3 Å². The molecule has 0 unspecified atom stereocenters. The maximum Gasteiger partial charge on any atom is 0.340 e. The summed E-state index contributed by atoms with van der Waals surface area (Å²) in [6.45, 7) is 2.22. The lowest BCUT2D eigenvalue weighted by Crippen LogP contribution is -2.38. The van der Waals surface area contributed by atoms with Crippen LogP contribution in [0.25, 0.3) is 0 Å². The number of nitrogens with zero attached hydrogens (tertiary/aromatic N) is 1.